The third-order valence-corrected chi connectivity index (χ3v) is 6.15. The summed E-state index contributed by atoms with van der Waals surface area (Å²) < 4.78 is 1.73. The van der Waals surface area contributed by atoms with E-state index in [2.05, 4.69) is 25.5 Å². The molecule has 0 atom stereocenters. The minimum absolute atomic E-state index is 0.171. The molecular weight excluding hydrogens is 396 g/mol. The van der Waals surface area contributed by atoms with Crippen LogP contribution in [0.1, 0.15) is 28.2 Å². The quantitative estimate of drug-likeness (QED) is 0.486. The average Bonchev–Trinajstić information content (AvgIpc) is 3.33. The molecule has 1 amide bonds. The minimum atomic E-state index is -0.285. The molecule has 1 aliphatic rings. The molecule has 0 spiro atoms. The van der Waals surface area contributed by atoms with Crippen molar-refractivity contribution >= 4 is 34.1 Å². The van der Waals surface area contributed by atoms with Crippen LogP contribution < -0.4 is 11.0 Å². The standard InChI is InChI=1S/C18H18N6O2S2/c1-11-22-23-17(28-11)20-15(25)10-27-16-13-5-2-6-14(13)24(18(26)21-16)9-12-4-3-7-19-8-12/h3-4,7-8H,2,5-6,9-10H2,1H3,(H,20,23,25). The maximum absolute atomic E-state index is 12.6. The second-order valence-corrected chi connectivity index (χ2v) is 8.53. The van der Waals surface area contributed by atoms with Crippen LogP contribution in [0.3, 0.4) is 0 Å². The lowest BCUT2D eigenvalue weighted by Crippen LogP contribution is -2.28. The molecule has 4 rings (SSSR count). The zero-order valence-corrected chi connectivity index (χ0v) is 16.8. The Kier molecular flexibility index (Phi) is 5.49. The number of nitrogens with one attached hydrogen (secondary N) is 1. The van der Waals surface area contributed by atoms with Gasteiger partial charge in [0.1, 0.15) is 10.0 Å². The molecule has 0 bridgehead atoms. The summed E-state index contributed by atoms with van der Waals surface area (Å²) in [6.07, 6.45) is 6.17. The zero-order valence-electron chi connectivity index (χ0n) is 15.2. The van der Waals surface area contributed by atoms with Crippen molar-refractivity contribution in [1.29, 1.82) is 0 Å². The van der Waals surface area contributed by atoms with Gasteiger partial charge in [-0.15, -0.1) is 10.2 Å². The van der Waals surface area contributed by atoms with Crippen LogP contribution in [0.25, 0.3) is 0 Å². The van der Waals surface area contributed by atoms with Gasteiger partial charge in [0.15, 0.2) is 0 Å². The smallest absolute Gasteiger partial charge is 0.300 e. The Morgan fingerprint density at radius 1 is 1.36 bits per heavy atom. The molecule has 0 unspecified atom stereocenters. The highest BCUT2D eigenvalue weighted by Gasteiger charge is 2.22. The van der Waals surface area contributed by atoms with E-state index in [1.165, 1.54) is 23.1 Å². The Labute approximate surface area is 169 Å². The summed E-state index contributed by atoms with van der Waals surface area (Å²) in [4.78, 5) is 33.2. The molecule has 0 saturated carbocycles. The third kappa shape index (κ3) is 4.12. The molecule has 1 aliphatic carbocycles. The van der Waals surface area contributed by atoms with Gasteiger partial charge in [0.25, 0.3) is 0 Å². The number of carbonyl (C=O) groups is 1. The summed E-state index contributed by atoms with van der Waals surface area (Å²) in [5, 5.41) is 12.4. The number of anilines is 1. The van der Waals surface area contributed by atoms with Crippen LogP contribution in [-0.2, 0) is 24.2 Å². The van der Waals surface area contributed by atoms with Crippen LogP contribution in [0, 0.1) is 6.92 Å². The number of thioether (sulfide) groups is 1. The summed E-state index contributed by atoms with van der Waals surface area (Å²) >= 11 is 2.62. The van der Waals surface area contributed by atoms with Gasteiger partial charge in [0, 0.05) is 23.7 Å². The molecule has 144 valence electrons. The molecule has 0 aromatic carbocycles. The van der Waals surface area contributed by atoms with Crippen molar-refractivity contribution in [3.63, 3.8) is 0 Å². The third-order valence-electron chi connectivity index (χ3n) is 4.38. The van der Waals surface area contributed by atoms with E-state index < -0.39 is 0 Å². The van der Waals surface area contributed by atoms with Crippen LogP contribution in [0.15, 0.2) is 34.3 Å². The van der Waals surface area contributed by atoms with Crippen molar-refractivity contribution in [3.05, 3.63) is 56.8 Å². The maximum Gasteiger partial charge on any atom is 0.349 e. The van der Waals surface area contributed by atoms with Gasteiger partial charge in [0.05, 0.1) is 12.3 Å². The van der Waals surface area contributed by atoms with Gasteiger partial charge in [-0.3, -0.25) is 19.7 Å². The van der Waals surface area contributed by atoms with E-state index in [9.17, 15) is 9.59 Å². The molecule has 3 aromatic rings. The van der Waals surface area contributed by atoms with Gasteiger partial charge >= 0.3 is 5.69 Å². The summed E-state index contributed by atoms with van der Waals surface area (Å²) in [5.74, 6) is -0.0151. The number of pyridine rings is 1. The molecule has 0 radical (unpaired) electrons. The second-order valence-electron chi connectivity index (χ2n) is 6.39. The second kappa shape index (κ2) is 8.19. The number of rotatable bonds is 6. The van der Waals surface area contributed by atoms with Crippen LogP contribution in [0.5, 0.6) is 0 Å². The molecule has 3 heterocycles. The summed E-state index contributed by atoms with van der Waals surface area (Å²) in [7, 11) is 0. The van der Waals surface area contributed by atoms with E-state index >= 15 is 0 Å². The first-order valence-electron chi connectivity index (χ1n) is 8.84. The molecule has 0 fully saturated rings. The van der Waals surface area contributed by atoms with Crippen molar-refractivity contribution in [2.24, 2.45) is 0 Å². The van der Waals surface area contributed by atoms with Gasteiger partial charge in [-0.1, -0.05) is 29.2 Å². The van der Waals surface area contributed by atoms with Gasteiger partial charge in [-0.2, -0.15) is 4.98 Å². The number of amides is 1. The van der Waals surface area contributed by atoms with Crippen molar-refractivity contribution < 1.29 is 4.79 Å². The van der Waals surface area contributed by atoms with Crippen molar-refractivity contribution in [3.8, 4) is 0 Å². The predicted octanol–water partition coefficient (Wildman–Crippen LogP) is 2.07. The summed E-state index contributed by atoms with van der Waals surface area (Å²) in [6, 6.07) is 3.80. The summed E-state index contributed by atoms with van der Waals surface area (Å²) in [5.41, 5.74) is 2.78. The fourth-order valence-electron chi connectivity index (χ4n) is 3.18. The molecule has 0 saturated heterocycles. The average molecular weight is 415 g/mol. The zero-order chi connectivity index (χ0) is 19.5. The molecule has 10 heteroatoms. The van der Waals surface area contributed by atoms with E-state index in [1.807, 2.05) is 19.1 Å². The molecule has 3 aromatic heterocycles. The minimum Gasteiger partial charge on any atom is -0.300 e. The van der Waals surface area contributed by atoms with E-state index in [-0.39, 0.29) is 17.3 Å². The number of aryl methyl sites for hydroxylation is 1. The lowest BCUT2D eigenvalue weighted by Gasteiger charge is -2.14. The van der Waals surface area contributed by atoms with Crippen LogP contribution in [0.4, 0.5) is 5.13 Å². The highest BCUT2D eigenvalue weighted by Crippen LogP contribution is 2.29. The fourth-order valence-corrected chi connectivity index (χ4v) is 4.66. The Morgan fingerprint density at radius 3 is 3.00 bits per heavy atom. The van der Waals surface area contributed by atoms with E-state index in [0.29, 0.717) is 16.7 Å². The topological polar surface area (TPSA) is 103 Å². The first-order chi connectivity index (χ1) is 13.6. The SMILES string of the molecule is Cc1nnc(NC(=O)CSc2nc(=O)n(Cc3cccnc3)c3c2CCC3)s1. The fraction of sp³-hybridized carbons (Fsp3) is 0.333. The first-order valence-corrected chi connectivity index (χ1v) is 10.6. The summed E-state index contributed by atoms with van der Waals surface area (Å²) in [6.45, 7) is 2.29. The normalized spacial score (nSPS) is 12.8. The van der Waals surface area contributed by atoms with E-state index in [4.69, 9.17) is 0 Å². The number of aromatic nitrogens is 5. The number of hydrogen-bond donors (Lipinski definition) is 1. The van der Waals surface area contributed by atoms with Crippen LogP contribution in [0.2, 0.25) is 0 Å². The van der Waals surface area contributed by atoms with Gasteiger partial charge < -0.3 is 0 Å². The van der Waals surface area contributed by atoms with Gasteiger partial charge in [0.2, 0.25) is 11.0 Å². The largest absolute Gasteiger partial charge is 0.349 e. The van der Waals surface area contributed by atoms with Crippen LogP contribution >= 0.6 is 23.1 Å². The molecular formula is C18H18N6O2S2. The van der Waals surface area contributed by atoms with Crippen molar-refractivity contribution in [1.82, 2.24) is 24.7 Å². The highest BCUT2D eigenvalue weighted by molar-refractivity contribution is 8.00. The molecule has 28 heavy (non-hydrogen) atoms. The maximum atomic E-state index is 12.6. The number of hydrogen-bond acceptors (Lipinski definition) is 8. The number of fused-ring (bicyclic) bond motifs is 1. The Hall–Kier alpha value is -2.59. The Morgan fingerprint density at radius 2 is 2.25 bits per heavy atom. The van der Waals surface area contributed by atoms with Gasteiger partial charge in [-0.25, -0.2) is 4.79 Å². The lowest BCUT2D eigenvalue weighted by molar-refractivity contribution is -0.113. The first kappa shape index (κ1) is 18.8. The predicted molar refractivity (Wildman–Crippen MR) is 108 cm³/mol. The van der Waals surface area contributed by atoms with E-state index in [0.717, 1.165) is 41.1 Å². The Bertz CT molecular complexity index is 1060. The molecule has 8 nitrogen and oxygen atoms in total. The van der Waals surface area contributed by atoms with Gasteiger partial charge in [-0.05, 0) is 37.8 Å². The lowest BCUT2D eigenvalue weighted by atomic mass is 10.2. The highest BCUT2D eigenvalue weighted by atomic mass is 32.2. The van der Waals surface area contributed by atoms with Crippen molar-refractivity contribution in [2.75, 3.05) is 11.1 Å². The molecule has 1 N–H and O–H groups in total. The number of nitrogens with zero attached hydrogens (tertiary/aromatic N) is 5. The molecule has 0 aliphatic heterocycles. The van der Waals surface area contributed by atoms with Crippen molar-refractivity contribution in [2.45, 2.75) is 37.8 Å². The monoisotopic (exact) mass is 414 g/mol. The Balaban J connectivity index is 1.51. The van der Waals surface area contributed by atoms with E-state index in [1.54, 1.807) is 17.0 Å². The van der Waals surface area contributed by atoms with Crippen LogP contribution in [-0.4, -0.2) is 36.4 Å². The number of carbonyl (C=O) groups excluding carboxylic acids is 1.